The summed E-state index contributed by atoms with van der Waals surface area (Å²) in [5.41, 5.74) is 2.29. The predicted octanol–water partition coefficient (Wildman–Crippen LogP) is 3.10. The number of nitrogens with zero attached hydrogens (tertiary/aromatic N) is 2. The Hall–Kier alpha value is -0.400. The van der Waals surface area contributed by atoms with Crippen LogP contribution in [0.3, 0.4) is 0 Å². The van der Waals surface area contributed by atoms with Crippen LogP contribution >= 0.6 is 31.9 Å². The van der Waals surface area contributed by atoms with Gasteiger partial charge >= 0.3 is 0 Å². The van der Waals surface area contributed by atoms with Gasteiger partial charge < -0.3 is 0 Å². The van der Waals surface area contributed by atoms with Gasteiger partial charge in [0.15, 0.2) is 5.69 Å². The molecule has 0 saturated heterocycles. The SMILES string of the molecule is Cc1nc(C#N)c(Br)c(C)c1Br. The smallest absolute Gasteiger partial charge is 0.155 e. The molecule has 2 nitrogen and oxygen atoms in total. The second-order valence-corrected chi connectivity index (χ2v) is 4.00. The molecule has 62 valence electrons. The average Bonchev–Trinajstić information content (AvgIpc) is 2.08. The van der Waals surface area contributed by atoms with Crippen molar-refractivity contribution in [3.63, 3.8) is 0 Å². The van der Waals surface area contributed by atoms with Crippen molar-refractivity contribution in [3.8, 4) is 6.07 Å². The number of rotatable bonds is 0. The minimum Gasteiger partial charge on any atom is -0.240 e. The van der Waals surface area contributed by atoms with E-state index in [0.717, 1.165) is 20.2 Å². The van der Waals surface area contributed by atoms with E-state index in [0.29, 0.717) is 5.69 Å². The maximum Gasteiger partial charge on any atom is 0.155 e. The van der Waals surface area contributed by atoms with Crippen molar-refractivity contribution in [2.75, 3.05) is 0 Å². The molecular formula is C8H6Br2N2. The summed E-state index contributed by atoms with van der Waals surface area (Å²) in [5.74, 6) is 0. The number of hydrogen-bond acceptors (Lipinski definition) is 2. The van der Waals surface area contributed by atoms with E-state index >= 15 is 0 Å². The van der Waals surface area contributed by atoms with Gasteiger partial charge in [-0.2, -0.15) is 5.26 Å². The molecule has 0 N–H and O–H groups in total. The zero-order valence-corrected chi connectivity index (χ0v) is 9.82. The summed E-state index contributed by atoms with van der Waals surface area (Å²) in [5, 5.41) is 8.70. The number of halogens is 2. The second kappa shape index (κ2) is 3.55. The highest BCUT2D eigenvalue weighted by Gasteiger charge is 2.09. The number of hydrogen-bond donors (Lipinski definition) is 0. The maximum atomic E-state index is 8.70. The zero-order valence-electron chi connectivity index (χ0n) is 6.65. The predicted molar refractivity (Wildman–Crippen MR) is 53.8 cm³/mol. The lowest BCUT2D eigenvalue weighted by molar-refractivity contribution is 1.11. The molecule has 0 radical (unpaired) electrons. The largest absolute Gasteiger partial charge is 0.240 e. The van der Waals surface area contributed by atoms with E-state index < -0.39 is 0 Å². The van der Waals surface area contributed by atoms with Crippen LogP contribution in [0, 0.1) is 25.2 Å². The number of pyridine rings is 1. The molecule has 0 atom stereocenters. The van der Waals surface area contributed by atoms with Crippen LogP contribution in [0.15, 0.2) is 8.95 Å². The Balaban J connectivity index is 3.52. The molecule has 0 spiro atoms. The van der Waals surface area contributed by atoms with Crippen molar-refractivity contribution < 1.29 is 0 Å². The molecular weight excluding hydrogens is 284 g/mol. The third-order valence-corrected chi connectivity index (χ3v) is 3.71. The van der Waals surface area contributed by atoms with E-state index in [1.165, 1.54) is 0 Å². The lowest BCUT2D eigenvalue weighted by Crippen LogP contribution is -1.94. The fraction of sp³-hybridized carbons (Fsp3) is 0.250. The monoisotopic (exact) mass is 288 g/mol. The Morgan fingerprint density at radius 2 is 1.83 bits per heavy atom. The lowest BCUT2D eigenvalue weighted by Gasteiger charge is -2.05. The Bertz CT molecular complexity index is 366. The summed E-state index contributed by atoms with van der Waals surface area (Å²) in [6, 6.07) is 2.03. The molecule has 1 rings (SSSR count). The molecule has 0 amide bonds. The van der Waals surface area contributed by atoms with E-state index in [-0.39, 0.29) is 0 Å². The first kappa shape index (κ1) is 9.69. The van der Waals surface area contributed by atoms with E-state index in [1.54, 1.807) is 0 Å². The highest BCUT2D eigenvalue weighted by Crippen LogP contribution is 2.28. The van der Waals surface area contributed by atoms with Crippen molar-refractivity contribution in [3.05, 3.63) is 25.9 Å². The second-order valence-electron chi connectivity index (χ2n) is 2.41. The summed E-state index contributed by atoms with van der Waals surface area (Å²) in [6.45, 7) is 3.80. The average molecular weight is 290 g/mol. The Morgan fingerprint density at radius 1 is 1.25 bits per heavy atom. The molecule has 0 bridgehead atoms. The van der Waals surface area contributed by atoms with Gasteiger partial charge in [0.2, 0.25) is 0 Å². The molecule has 0 fully saturated rings. The molecule has 12 heavy (non-hydrogen) atoms. The van der Waals surface area contributed by atoms with Crippen molar-refractivity contribution in [2.45, 2.75) is 13.8 Å². The van der Waals surface area contributed by atoms with Crippen LogP contribution < -0.4 is 0 Å². The summed E-state index contributed by atoms with van der Waals surface area (Å²) >= 11 is 6.70. The topological polar surface area (TPSA) is 36.7 Å². The molecule has 1 heterocycles. The number of aromatic nitrogens is 1. The van der Waals surface area contributed by atoms with Crippen molar-refractivity contribution in [1.29, 1.82) is 5.26 Å². The van der Waals surface area contributed by atoms with Gasteiger partial charge in [-0.15, -0.1) is 0 Å². The first-order chi connectivity index (χ1) is 5.57. The van der Waals surface area contributed by atoms with Crippen molar-refractivity contribution in [2.24, 2.45) is 0 Å². The summed E-state index contributed by atoms with van der Waals surface area (Å²) in [7, 11) is 0. The molecule has 0 unspecified atom stereocenters. The third kappa shape index (κ3) is 1.52. The van der Waals surface area contributed by atoms with Gasteiger partial charge in [-0.3, -0.25) is 0 Å². The molecule has 0 saturated carbocycles. The van der Waals surface area contributed by atoms with E-state index in [9.17, 15) is 0 Å². The molecule has 4 heteroatoms. The van der Waals surface area contributed by atoms with Gasteiger partial charge in [0, 0.05) is 4.47 Å². The molecule has 0 aromatic carbocycles. The minimum absolute atomic E-state index is 0.438. The van der Waals surface area contributed by atoms with Gasteiger partial charge in [-0.1, -0.05) is 0 Å². The molecule has 0 aliphatic carbocycles. The van der Waals surface area contributed by atoms with Crippen molar-refractivity contribution in [1.82, 2.24) is 4.98 Å². The highest BCUT2D eigenvalue weighted by molar-refractivity contribution is 9.11. The molecule has 0 aliphatic heterocycles. The van der Waals surface area contributed by atoms with Crippen LogP contribution in [0.25, 0.3) is 0 Å². The van der Waals surface area contributed by atoms with Crippen LogP contribution in [-0.2, 0) is 0 Å². The summed E-state index contributed by atoms with van der Waals surface area (Å²) in [6.07, 6.45) is 0. The van der Waals surface area contributed by atoms with Crippen LogP contribution in [0.2, 0.25) is 0 Å². The van der Waals surface area contributed by atoms with Gasteiger partial charge in [-0.05, 0) is 51.3 Å². The zero-order chi connectivity index (χ0) is 9.30. The Labute approximate surface area is 87.9 Å². The normalized spacial score (nSPS) is 9.58. The fourth-order valence-electron chi connectivity index (χ4n) is 0.885. The van der Waals surface area contributed by atoms with Crippen LogP contribution in [0.5, 0.6) is 0 Å². The minimum atomic E-state index is 0.438. The van der Waals surface area contributed by atoms with Gasteiger partial charge in [0.05, 0.1) is 10.2 Å². The summed E-state index contributed by atoms with van der Waals surface area (Å²) < 4.78 is 1.72. The van der Waals surface area contributed by atoms with Gasteiger partial charge in [-0.25, -0.2) is 4.98 Å². The Morgan fingerprint density at radius 3 is 2.33 bits per heavy atom. The Kier molecular flexibility index (Phi) is 2.86. The fourth-order valence-corrected chi connectivity index (χ4v) is 1.81. The standard InChI is InChI=1S/C8H6Br2N2/c1-4-7(9)5(2)12-6(3-11)8(4)10/h1-2H3. The van der Waals surface area contributed by atoms with Gasteiger partial charge in [0.1, 0.15) is 6.07 Å². The van der Waals surface area contributed by atoms with E-state index in [4.69, 9.17) is 5.26 Å². The van der Waals surface area contributed by atoms with Crippen LogP contribution in [-0.4, -0.2) is 4.98 Å². The van der Waals surface area contributed by atoms with Crippen molar-refractivity contribution >= 4 is 31.9 Å². The first-order valence-corrected chi connectivity index (χ1v) is 4.88. The maximum absolute atomic E-state index is 8.70. The lowest BCUT2D eigenvalue weighted by atomic mass is 10.2. The van der Waals surface area contributed by atoms with E-state index in [2.05, 4.69) is 36.8 Å². The first-order valence-electron chi connectivity index (χ1n) is 3.30. The quantitative estimate of drug-likeness (QED) is 0.736. The molecule has 1 aromatic heterocycles. The third-order valence-electron chi connectivity index (χ3n) is 1.57. The summed E-state index contributed by atoms with van der Waals surface area (Å²) in [4.78, 5) is 4.10. The molecule has 0 aliphatic rings. The number of aryl methyl sites for hydroxylation is 1. The van der Waals surface area contributed by atoms with Crippen LogP contribution in [0.4, 0.5) is 0 Å². The van der Waals surface area contributed by atoms with Gasteiger partial charge in [0.25, 0.3) is 0 Å². The number of nitriles is 1. The molecule has 1 aromatic rings. The van der Waals surface area contributed by atoms with Crippen LogP contribution in [0.1, 0.15) is 17.0 Å². The van der Waals surface area contributed by atoms with E-state index in [1.807, 2.05) is 19.9 Å². The highest BCUT2D eigenvalue weighted by atomic mass is 79.9.